The van der Waals surface area contributed by atoms with Gasteiger partial charge in [-0.25, -0.2) is 0 Å². The molecule has 0 saturated carbocycles. The van der Waals surface area contributed by atoms with Gasteiger partial charge >= 0.3 is 0 Å². The molecule has 0 atom stereocenters. The summed E-state index contributed by atoms with van der Waals surface area (Å²) in [7, 11) is 1.56. The number of rotatable bonds is 10. The van der Waals surface area contributed by atoms with E-state index >= 15 is 0 Å². The Morgan fingerprint density at radius 3 is 2.28 bits per heavy atom. The zero-order chi connectivity index (χ0) is 24.1. The van der Waals surface area contributed by atoms with E-state index in [2.05, 4.69) is 45.9 Å². The maximum Gasteiger partial charge on any atom is 0.175 e. The maximum atomic E-state index is 12.4. The van der Waals surface area contributed by atoms with Crippen molar-refractivity contribution < 1.29 is 19.4 Å². The molecule has 2 rings (SSSR count). The third kappa shape index (κ3) is 5.37. The van der Waals surface area contributed by atoms with Crippen LogP contribution in [-0.2, 0) is 14.9 Å². The Bertz CT molecular complexity index is 943. The number of ether oxygens (including phenoxy) is 2. The number of thiophene rings is 1. The second-order valence-electron chi connectivity index (χ2n) is 9.52. The third-order valence-corrected chi connectivity index (χ3v) is 7.55. The first-order valence-corrected chi connectivity index (χ1v) is 12.1. The van der Waals surface area contributed by atoms with Crippen molar-refractivity contribution in [2.24, 2.45) is 5.41 Å². The van der Waals surface area contributed by atoms with Gasteiger partial charge in [-0.1, -0.05) is 60.6 Å². The van der Waals surface area contributed by atoms with Crippen LogP contribution in [0.4, 0.5) is 0 Å². The Kier molecular flexibility index (Phi) is 8.58. The van der Waals surface area contributed by atoms with E-state index in [0.717, 1.165) is 35.3 Å². The van der Waals surface area contributed by atoms with Crippen molar-refractivity contribution >= 4 is 22.9 Å². The Morgan fingerprint density at radius 1 is 1.12 bits per heavy atom. The fourth-order valence-corrected chi connectivity index (χ4v) is 5.23. The summed E-state index contributed by atoms with van der Waals surface area (Å²) in [6.07, 6.45) is 2.89. The van der Waals surface area contributed by atoms with E-state index in [1.54, 1.807) is 18.4 Å². The zero-order valence-electron chi connectivity index (χ0n) is 20.7. The molecule has 0 aliphatic carbocycles. The molecule has 0 unspecified atom stereocenters. The lowest BCUT2D eigenvalue weighted by atomic mass is 9.73. The van der Waals surface area contributed by atoms with E-state index in [4.69, 9.17) is 9.47 Å². The normalized spacial score (nSPS) is 12.8. The van der Waals surface area contributed by atoms with Crippen molar-refractivity contribution in [3.05, 3.63) is 57.5 Å². The van der Waals surface area contributed by atoms with E-state index in [-0.39, 0.29) is 23.7 Å². The first kappa shape index (κ1) is 26.0. The fourth-order valence-electron chi connectivity index (χ4n) is 3.88. The number of hydrogen-bond donors (Lipinski definition) is 1. The van der Waals surface area contributed by atoms with Crippen LogP contribution < -0.4 is 4.74 Å². The van der Waals surface area contributed by atoms with Crippen molar-refractivity contribution in [3.63, 3.8) is 0 Å². The van der Waals surface area contributed by atoms with Crippen molar-refractivity contribution in [1.82, 2.24) is 0 Å². The molecule has 0 fully saturated rings. The van der Waals surface area contributed by atoms with E-state index in [0.29, 0.717) is 5.76 Å². The van der Waals surface area contributed by atoms with Crippen molar-refractivity contribution in [2.75, 3.05) is 13.7 Å². The highest BCUT2D eigenvalue weighted by molar-refractivity contribution is 7.13. The summed E-state index contributed by atoms with van der Waals surface area (Å²) in [4.78, 5) is 14.5. The molecule has 0 aliphatic heterocycles. The summed E-state index contributed by atoms with van der Waals surface area (Å²) >= 11 is 1.65. The largest absolute Gasteiger partial charge is 0.512 e. The summed E-state index contributed by atoms with van der Waals surface area (Å²) in [6, 6.07) is 10.5. The van der Waals surface area contributed by atoms with Gasteiger partial charge in [0.25, 0.3) is 0 Å². The molecule has 1 heterocycles. The number of aliphatic hydroxyl groups is 1. The Balaban J connectivity index is 2.48. The lowest BCUT2D eigenvalue weighted by Gasteiger charge is -2.33. The molecular weight excluding hydrogens is 420 g/mol. The molecule has 2 aromatic rings. The van der Waals surface area contributed by atoms with Crippen LogP contribution in [0.5, 0.6) is 5.75 Å². The minimum Gasteiger partial charge on any atom is -0.512 e. The average Bonchev–Trinajstić information content (AvgIpc) is 3.24. The molecule has 0 radical (unpaired) electrons. The first-order valence-electron chi connectivity index (χ1n) is 11.3. The van der Waals surface area contributed by atoms with E-state index in [9.17, 15) is 9.90 Å². The summed E-state index contributed by atoms with van der Waals surface area (Å²) in [5, 5.41) is 9.47. The molecule has 0 aliphatic rings. The Morgan fingerprint density at radius 2 is 1.78 bits per heavy atom. The number of aliphatic hydroxyl groups excluding tert-OH is 1. The molecule has 1 aromatic heterocycles. The van der Waals surface area contributed by atoms with E-state index in [1.807, 2.05) is 32.9 Å². The number of carbonyl (C=O) groups is 1. The van der Waals surface area contributed by atoms with Crippen molar-refractivity contribution in [2.45, 2.75) is 72.6 Å². The van der Waals surface area contributed by atoms with Crippen LogP contribution in [0.15, 0.2) is 36.6 Å². The van der Waals surface area contributed by atoms with Gasteiger partial charge in [0.2, 0.25) is 0 Å². The van der Waals surface area contributed by atoms with Crippen LogP contribution in [0.1, 0.15) is 88.1 Å². The van der Waals surface area contributed by atoms with Crippen LogP contribution >= 0.6 is 11.3 Å². The quantitative estimate of drug-likeness (QED) is 0.375. The van der Waals surface area contributed by atoms with Crippen LogP contribution in [0.3, 0.4) is 0 Å². The highest BCUT2D eigenvalue weighted by Crippen LogP contribution is 2.45. The smallest absolute Gasteiger partial charge is 0.175 e. The summed E-state index contributed by atoms with van der Waals surface area (Å²) < 4.78 is 11.3. The molecule has 1 N–H and O–H groups in total. The SMILES string of the molecule is CCC(CC)(c1ccc(OCC(=O)C(C)(C)C)c(C(C)C)c1)c1ccc(/C(=C/O)OC)s1. The van der Waals surface area contributed by atoms with Crippen molar-refractivity contribution in [3.8, 4) is 5.75 Å². The minimum absolute atomic E-state index is 0.0802. The molecule has 0 bridgehead atoms. The summed E-state index contributed by atoms with van der Waals surface area (Å²) in [6.45, 7) is 14.5. The molecule has 0 spiro atoms. The predicted molar refractivity (Wildman–Crippen MR) is 134 cm³/mol. The van der Waals surface area contributed by atoms with Crippen LogP contribution in [-0.4, -0.2) is 24.6 Å². The van der Waals surface area contributed by atoms with Gasteiger partial charge in [0.15, 0.2) is 11.5 Å². The van der Waals surface area contributed by atoms with Gasteiger partial charge in [-0.3, -0.25) is 4.79 Å². The number of carbonyl (C=O) groups excluding carboxylic acids is 1. The third-order valence-electron chi connectivity index (χ3n) is 6.24. The van der Waals surface area contributed by atoms with Gasteiger partial charge in [0.1, 0.15) is 18.6 Å². The number of ketones is 1. The standard InChI is InChI=1S/C27H38O4S/c1-9-27(10-2,25-14-13-23(32-25)22(16-28)30-8)19-11-12-21(20(15-19)18(3)4)31-17-24(29)26(5,6)7/h11-16,18,28H,9-10,17H2,1-8H3/b22-16-. The monoisotopic (exact) mass is 458 g/mol. The molecule has 1 aromatic carbocycles. The van der Waals surface area contributed by atoms with Gasteiger partial charge in [-0.15, -0.1) is 11.3 Å². The lowest BCUT2D eigenvalue weighted by Crippen LogP contribution is -2.27. The fraction of sp³-hybridized carbons (Fsp3) is 0.519. The number of methoxy groups -OCH3 is 1. The average molecular weight is 459 g/mol. The first-order chi connectivity index (χ1) is 15.0. The molecular formula is C27H38O4S. The van der Waals surface area contributed by atoms with Gasteiger partial charge in [0, 0.05) is 15.7 Å². The van der Waals surface area contributed by atoms with Crippen LogP contribution in [0.25, 0.3) is 5.76 Å². The zero-order valence-corrected chi connectivity index (χ0v) is 21.6. The van der Waals surface area contributed by atoms with Crippen molar-refractivity contribution in [1.29, 1.82) is 0 Å². The van der Waals surface area contributed by atoms with Gasteiger partial charge in [-0.2, -0.15) is 0 Å². The molecule has 32 heavy (non-hydrogen) atoms. The topological polar surface area (TPSA) is 55.8 Å². The van der Waals surface area contributed by atoms with Gasteiger partial charge < -0.3 is 14.6 Å². The molecule has 176 valence electrons. The molecule has 0 saturated heterocycles. The van der Waals surface area contributed by atoms with Gasteiger partial charge in [-0.05, 0) is 48.1 Å². The second-order valence-corrected chi connectivity index (χ2v) is 10.6. The van der Waals surface area contributed by atoms with Crippen LogP contribution in [0.2, 0.25) is 0 Å². The van der Waals surface area contributed by atoms with Crippen LogP contribution in [0, 0.1) is 5.41 Å². The molecule has 5 heteroatoms. The lowest BCUT2D eigenvalue weighted by molar-refractivity contribution is -0.128. The number of benzene rings is 1. The predicted octanol–water partition coefficient (Wildman–Crippen LogP) is 7.47. The van der Waals surface area contributed by atoms with Gasteiger partial charge in [0.05, 0.1) is 12.0 Å². The number of hydrogen-bond acceptors (Lipinski definition) is 5. The highest BCUT2D eigenvalue weighted by atomic mass is 32.1. The highest BCUT2D eigenvalue weighted by Gasteiger charge is 2.33. The molecule has 4 nitrogen and oxygen atoms in total. The Hall–Kier alpha value is -2.27. The summed E-state index contributed by atoms with van der Waals surface area (Å²) in [5.74, 6) is 1.60. The van der Waals surface area contributed by atoms with E-state index in [1.165, 1.54) is 10.4 Å². The maximum absolute atomic E-state index is 12.4. The number of Topliss-reactive ketones (excluding diaryl/α,β-unsaturated/α-hetero) is 1. The van der Waals surface area contributed by atoms with E-state index < -0.39 is 5.41 Å². The summed E-state index contributed by atoms with van der Waals surface area (Å²) in [5.41, 5.74) is 1.78. The second kappa shape index (κ2) is 10.6. The molecule has 0 amide bonds. The minimum atomic E-state index is -0.418. The Labute approximate surface area is 197 Å².